The molecule has 0 spiro atoms. The van der Waals surface area contributed by atoms with Gasteiger partial charge in [-0.2, -0.15) is 0 Å². The Hall–Kier alpha value is -1.87. The van der Waals surface area contributed by atoms with Crippen LogP contribution in [0, 0.1) is 12.8 Å². The van der Waals surface area contributed by atoms with Gasteiger partial charge in [-0.3, -0.25) is 9.88 Å². The summed E-state index contributed by atoms with van der Waals surface area (Å²) in [7, 11) is 1.78. The number of likely N-dealkylation sites (tertiary alicyclic amines) is 1. The molecule has 3 heteroatoms. The first-order valence-electron chi connectivity index (χ1n) is 10.5. The Balaban J connectivity index is 1.59. The Morgan fingerprint density at radius 2 is 1.89 bits per heavy atom. The maximum Gasteiger partial charge on any atom is 0.122 e. The van der Waals surface area contributed by atoms with Crippen molar-refractivity contribution in [2.45, 2.75) is 58.4 Å². The zero-order valence-electron chi connectivity index (χ0n) is 17.0. The molecule has 1 aromatic carbocycles. The number of piperidine rings is 1. The van der Waals surface area contributed by atoms with Crippen molar-refractivity contribution in [3.8, 4) is 17.0 Å². The van der Waals surface area contributed by atoms with E-state index in [1.54, 1.807) is 7.11 Å². The highest BCUT2D eigenvalue weighted by atomic mass is 16.5. The second-order valence-electron chi connectivity index (χ2n) is 8.53. The molecule has 1 aliphatic heterocycles. The lowest BCUT2D eigenvalue weighted by molar-refractivity contribution is 0.185. The number of rotatable bonds is 5. The fraction of sp³-hybridized carbons (Fsp3) is 0.542. The van der Waals surface area contributed by atoms with Gasteiger partial charge in [-0.15, -0.1) is 0 Å². The van der Waals surface area contributed by atoms with E-state index in [4.69, 9.17) is 9.72 Å². The van der Waals surface area contributed by atoms with E-state index in [2.05, 4.69) is 43.0 Å². The first-order valence-corrected chi connectivity index (χ1v) is 10.5. The molecule has 2 heterocycles. The Morgan fingerprint density at radius 1 is 1.11 bits per heavy atom. The number of nitrogens with zero attached hydrogens (tertiary/aromatic N) is 2. The first-order chi connectivity index (χ1) is 13.1. The monoisotopic (exact) mass is 364 g/mol. The van der Waals surface area contributed by atoms with Crippen molar-refractivity contribution < 1.29 is 4.74 Å². The lowest BCUT2D eigenvalue weighted by atomic mass is 9.77. The molecule has 1 saturated carbocycles. The van der Waals surface area contributed by atoms with E-state index in [0.717, 1.165) is 23.9 Å². The summed E-state index contributed by atoms with van der Waals surface area (Å²) in [6.07, 6.45) is 8.55. The van der Waals surface area contributed by atoms with Gasteiger partial charge in [0.05, 0.1) is 12.8 Å². The molecule has 4 rings (SSSR count). The molecule has 1 saturated heterocycles. The standard InChI is InChI=1S/C24H32N2O/c1-17-8-11-26(12-9-17)16-19-7-10-25-23(13-19)21-14-22(20-5-4-6-20)18(2)24(15-21)27-3/h7,10,13-15,17,20H,4-6,8-9,11-12,16H2,1-3H3. The highest BCUT2D eigenvalue weighted by Gasteiger charge is 2.24. The fourth-order valence-corrected chi connectivity index (χ4v) is 4.42. The van der Waals surface area contributed by atoms with Gasteiger partial charge in [0.15, 0.2) is 0 Å². The number of ether oxygens (including phenoxy) is 1. The number of benzene rings is 1. The number of methoxy groups -OCH3 is 1. The molecule has 1 aliphatic carbocycles. The minimum atomic E-state index is 0.692. The average molecular weight is 365 g/mol. The van der Waals surface area contributed by atoms with E-state index in [1.165, 1.54) is 67.4 Å². The van der Waals surface area contributed by atoms with Crippen LogP contribution >= 0.6 is 0 Å². The molecule has 0 amide bonds. The molecule has 0 unspecified atom stereocenters. The largest absolute Gasteiger partial charge is 0.496 e. The van der Waals surface area contributed by atoms with Crippen molar-refractivity contribution in [2.75, 3.05) is 20.2 Å². The normalized spacial score (nSPS) is 19.1. The molecule has 0 radical (unpaired) electrons. The third-order valence-corrected chi connectivity index (χ3v) is 6.57. The van der Waals surface area contributed by atoms with Gasteiger partial charge in [-0.1, -0.05) is 13.3 Å². The third kappa shape index (κ3) is 4.03. The zero-order valence-corrected chi connectivity index (χ0v) is 17.0. The van der Waals surface area contributed by atoms with Crippen LogP contribution in [-0.2, 0) is 6.54 Å². The summed E-state index contributed by atoms with van der Waals surface area (Å²) >= 11 is 0. The lowest BCUT2D eigenvalue weighted by Crippen LogP contribution is -2.32. The summed E-state index contributed by atoms with van der Waals surface area (Å²) in [6.45, 7) is 8.01. The average Bonchev–Trinajstić information content (AvgIpc) is 2.64. The number of aromatic nitrogens is 1. The van der Waals surface area contributed by atoms with E-state index >= 15 is 0 Å². The summed E-state index contributed by atoms with van der Waals surface area (Å²) < 4.78 is 5.69. The van der Waals surface area contributed by atoms with Crippen LogP contribution in [0.1, 0.15) is 61.6 Å². The van der Waals surface area contributed by atoms with Crippen LogP contribution in [-0.4, -0.2) is 30.1 Å². The van der Waals surface area contributed by atoms with E-state index in [9.17, 15) is 0 Å². The summed E-state index contributed by atoms with van der Waals surface area (Å²) in [6, 6.07) is 8.95. The van der Waals surface area contributed by atoms with Crippen LogP contribution in [0.5, 0.6) is 5.75 Å². The molecule has 1 aromatic heterocycles. The van der Waals surface area contributed by atoms with Gasteiger partial charge >= 0.3 is 0 Å². The lowest BCUT2D eigenvalue weighted by Gasteiger charge is -2.30. The molecular formula is C24H32N2O. The van der Waals surface area contributed by atoms with Gasteiger partial charge in [0.1, 0.15) is 5.75 Å². The van der Waals surface area contributed by atoms with E-state index in [-0.39, 0.29) is 0 Å². The van der Waals surface area contributed by atoms with Gasteiger partial charge in [0, 0.05) is 18.3 Å². The summed E-state index contributed by atoms with van der Waals surface area (Å²) in [5.74, 6) is 2.56. The highest BCUT2D eigenvalue weighted by Crippen LogP contribution is 2.42. The minimum absolute atomic E-state index is 0.692. The zero-order chi connectivity index (χ0) is 18.8. The van der Waals surface area contributed by atoms with Crippen LogP contribution in [0.25, 0.3) is 11.3 Å². The molecule has 0 bridgehead atoms. The maximum absolute atomic E-state index is 5.69. The minimum Gasteiger partial charge on any atom is -0.496 e. The topological polar surface area (TPSA) is 25.4 Å². The van der Waals surface area contributed by atoms with Crippen LogP contribution in [0.2, 0.25) is 0 Å². The molecule has 144 valence electrons. The van der Waals surface area contributed by atoms with Gasteiger partial charge in [0.2, 0.25) is 0 Å². The molecule has 2 aromatic rings. The first kappa shape index (κ1) is 18.5. The third-order valence-electron chi connectivity index (χ3n) is 6.57. The van der Waals surface area contributed by atoms with Crippen LogP contribution < -0.4 is 4.74 Å². The Kier molecular flexibility index (Phi) is 5.49. The Labute approximate surface area is 163 Å². The molecular weight excluding hydrogens is 332 g/mol. The predicted molar refractivity (Wildman–Crippen MR) is 111 cm³/mol. The molecule has 2 aliphatic rings. The van der Waals surface area contributed by atoms with E-state index < -0.39 is 0 Å². The molecule has 2 fully saturated rings. The second kappa shape index (κ2) is 8.02. The number of pyridine rings is 1. The highest BCUT2D eigenvalue weighted by molar-refractivity contribution is 5.65. The van der Waals surface area contributed by atoms with Crippen molar-refractivity contribution in [3.05, 3.63) is 47.2 Å². The van der Waals surface area contributed by atoms with E-state index in [0.29, 0.717) is 5.92 Å². The fourth-order valence-electron chi connectivity index (χ4n) is 4.42. The molecule has 0 N–H and O–H groups in total. The van der Waals surface area contributed by atoms with Crippen molar-refractivity contribution in [1.82, 2.24) is 9.88 Å². The number of hydrogen-bond acceptors (Lipinski definition) is 3. The molecule has 0 atom stereocenters. The molecule has 27 heavy (non-hydrogen) atoms. The Morgan fingerprint density at radius 3 is 2.56 bits per heavy atom. The SMILES string of the molecule is COc1cc(-c2cc(CN3CCC(C)CC3)ccn2)cc(C2CCC2)c1C. The smallest absolute Gasteiger partial charge is 0.122 e. The Bertz CT molecular complexity index is 789. The van der Waals surface area contributed by atoms with Crippen molar-refractivity contribution in [1.29, 1.82) is 0 Å². The van der Waals surface area contributed by atoms with E-state index in [1.807, 2.05) is 6.20 Å². The van der Waals surface area contributed by atoms with Gasteiger partial charge < -0.3 is 4.74 Å². The predicted octanol–water partition coefficient (Wildman–Crippen LogP) is 5.57. The van der Waals surface area contributed by atoms with Crippen molar-refractivity contribution in [3.63, 3.8) is 0 Å². The van der Waals surface area contributed by atoms with Crippen LogP contribution in [0.3, 0.4) is 0 Å². The summed E-state index contributed by atoms with van der Waals surface area (Å²) in [4.78, 5) is 7.27. The number of hydrogen-bond donors (Lipinski definition) is 0. The van der Waals surface area contributed by atoms with Crippen molar-refractivity contribution >= 4 is 0 Å². The van der Waals surface area contributed by atoms with Crippen molar-refractivity contribution in [2.24, 2.45) is 5.92 Å². The summed E-state index contributed by atoms with van der Waals surface area (Å²) in [5, 5.41) is 0. The quantitative estimate of drug-likeness (QED) is 0.694. The van der Waals surface area contributed by atoms with Gasteiger partial charge in [-0.25, -0.2) is 0 Å². The molecule has 3 nitrogen and oxygen atoms in total. The van der Waals surface area contributed by atoms with Gasteiger partial charge in [0.25, 0.3) is 0 Å². The van der Waals surface area contributed by atoms with Gasteiger partial charge in [-0.05, 0) is 98.5 Å². The second-order valence-corrected chi connectivity index (χ2v) is 8.53. The summed E-state index contributed by atoms with van der Waals surface area (Å²) in [5.41, 5.74) is 6.36. The van der Waals surface area contributed by atoms with Crippen LogP contribution in [0.15, 0.2) is 30.5 Å². The maximum atomic E-state index is 5.69. The van der Waals surface area contributed by atoms with Crippen LogP contribution in [0.4, 0.5) is 0 Å².